The number of hydrogen-bond donors (Lipinski definition) is 1. The highest BCUT2D eigenvalue weighted by molar-refractivity contribution is 5.95. The lowest BCUT2D eigenvalue weighted by molar-refractivity contribution is -0.385. The van der Waals surface area contributed by atoms with Crippen molar-refractivity contribution >= 4 is 11.6 Å². The topological polar surface area (TPSA) is 72.2 Å². The average molecular weight is 342 g/mol. The van der Waals surface area contributed by atoms with E-state index in [-0.39, 0.29) is 23.1 Å². The van der Waals surface area contributed by atoms with Gasteiger partial charge in [-0.1, -0.05) is 6.07 Å². The van der Waals surface area contributed by atoms with Crippen molar-refractivity contribution in [1.29, 1.82) is 0 Å². The molecule has 4 aliphatic rings. The highest BCUT2D eigenvalue weighted by atomic mass is 16.6. The molecule has 1 atom stereocenters. The van der Waals surface area contributed by atoms with Gasteiger partial charge in [0, 0.05) is 23.2 Å². The van der Waals surface area contributed by atoms with Crippen LogP contribution in [0, 0.1) is 40.2 Å². The zero-order chi connectivity index (χ0) is 17.8. The summed E-state index contributed by atoms with van der Waals surface area (Å²) >= 11 is 0. The van der Waals surface area contributed by atoms with E-state index in [0.29, 0.717) is 11.1 Å². The van der Waals surface area contributed by atoms with Crippen molar-refractivity contribution < 1.29 is 9.72 Å². The minimum absolute atomic E-state index is 0.00936. The normalized spacial score (nSPS) is 33.9. The molecule has 0 heterocycles. The third kappa shape index (κ3) is 2.83. The summed E-state index contributed by atoms with van der Waals surface area (Å²) in [5.74, 6) is 2.33. The van der Waals surface area contributed by atoms with Crippen LogP contribution in [0.15, 0.2) is 18.2 Å². The van der Waals surface area contributed by atoms with Crippen molar-refractivity contribution in [2.75, 3.05) is 0 Å². The number of aryl methyl sites for hydroxylation is 1. The van der Waals surface area contributed by atoms with Crippen molar-refractivity contribution in [2.45, 2.75) is 58.4 Å². The maximum Gasteiger partial charge on any atom is 0.273 e. The molecule has 0 spiro atoms. The number of nitrogens with one attached hydrogen (secondary N) is 1. The summed E-state index contributed by atoms with van der Waals surface area (Å²) in [5, 5.41) is 14.3. The number of nitro benzene ring substituents is 1. The molecule has 0 radical (unpaired) electrons. The fraction of sp³-hybridized carbons (Fsp3) is 0.650. The average Bonchev–Trinajstić information content (AvgIpc) is 2.53. The van der Waals surface area contributed by atoms with Gasteiger partial charge in [-0.25, -0.2) is 0 Å². The van der Waals surface area contributed by atoms with E-state index in [2.05, 4.69) is 12.2 Å². The van der Waals surface area contributed by atoms with Gasteiger partial charge < -0.3 is 5.32 Å². The van der Waals surface area contributed by atoms with Crippen LogP contribution in [0.1, 0.15) is 61.4 Å². The molecular formula is C20H26N2O3. The van der Waals surface area contributed by atoms with Gasteiger partial charge in [-0.15, -0.1) is 0 Å². The molecule has 1 N–H and O–H groups in total. The van der Waals surface area contributed by atoms with Crippen LogP contribution in [-0.2, 0) is 0 Å². The van der Waals surface area contributed by atoms with Crippen LogP contribution in [0.2, 0.25) is 0 Å². The lowest BCUT2D eigenvalue weighted by Gasteiger charge is -2.59. The van der Waals surface area contributed by atoms with E-state index < -0.39 is 4.92 Å². The minimum Gasteiger partial charge on any atom is -0.349 e. The van der Waals surface area contributed by atoms with E-state index >= 15 is 0 Å². The van der Waals surface area contributed by atoms with Gasteiger partial charge in [0.25, 0.3) is 11.6 Å². The molecule has 0 aromatic heterocycles. The van der Waals surface area contributed by atoms with Gasteiger partial charge in [0.05, 0.1) is 4.92 Å². The van der Waals surface area contributed by atoms with E-state index in [4.69, 9.17) is 0 Å². The Labute approximate surface area is 148 Å². The quantitative estimate of drug-likeness (QED) is 0.657. The maximum atomic E-state index is 12.7. The molecular weight excluding hydrogens is 316 g/mol. The Morgan fingerprint density at radius 3 is 2.28 bits per heavy atom. The fourth-order valence-electron chi connectivity index (χ4n) is 6.09. The van der Waals surface area contributed by atoms with Gasteiger partial charge in [-0.2, -0.15) is 0 Å². The van der Waals surface area contributed by atoms with Crippen LogP contribution in [0.5, 0.6) is 0 Å². The summed E-state index contributed by atoms with van der Waals surface area (Å²) in [6.45, 7) is 3.82. The van der Waals surface area contributed by atoms with Gasteiger partial charge >= 0.3 is 0 Å². The first-order chi connectivity index (χ1) is 11.9. The van der Waals surface area contributed by atoms with E-state index in [1.807, 2.05) is 0 Å². The molecule has 25 heavy (non-hydrogen) atoms. The standard InChI is InChI=1S/C20H26N2O3/c1-12-3-4-17(8-18(12)22(24)25)19(23)21-13(2)20-9-14-5-15(10-20)7-16(6-14)11-20/h3-4,8,13-16H,5-7,9-11H2,1-2H3,(H,21,23). The molecule has 1 aromatic carbocycles. The first-order valence-electron chi connectivity index (χ1n) is 9.42. The Morgan fingerprint density at radius 2 is 1.76 bits per heavy atom. The molecule has 1 amide bonds. The number of benzene rings is 1. The van der Waals surface area contributed by atoms with Gasteiger partial charge in [-0.3, -0.25) is 14.9 Å². The predicted molar refractivity (Wildman–Crippen MR) is 95.4 cm³/mol. The van der Waals surface area contributed by atoms with E-state index in [9.17, 15) is 14.9 Å². The van der Waals surface area contributed by atoms with Crippen LogP contribution in [0.25, 0.3) is 0 Å². The van der Waals surface area contributed by atoms with Gasteiger partial charge in [0.1, 0.15) is 0 Å². The second kappa shape index (κ2) is 5.82. The zero-order valence-corrected chi connectivity index (χ0v) is 15.0. The van der Waals surface area contributed by atoms with Crippen LogP contribution >= 0.6 is 0 Å². The number of nitrogens with zero attached hydrogens (tertiary/aromatic N) is 1. The molecule has 4 aliphatic carbocycles. The van der Waals surface area contributed by atoms with E-state index in [1.54, 1.807) is 19.1 Å². The zero-order valence-electron chi connectivity index (χ0n) is 15.0. The van der Waals surface area contributed by atoms with Crippen LogP contribution in [-0.4, -0.2) is 16.9 Å². The molecule has 1 aromatic rings. The smallest absolute Gasteiger partial charge is 0.273 e. The molecule has 0 saturated heterocycles. The maximum absolute atomic E-state index is 12.7. The third-order valence-corrected chi connectivity index (χ3v) is 7.02. The molecule has 5 nitrogen and oxygen atoms in total. The molecule has 5 rings (SSSR count). The summed E-state index contributed by atoms with van der Waals surface area (Å²) in [6, 6.07) is 4.86. The highest BCUT2D eigenvalue weighted by Crippen LogP contribution is 2.61. The van der Waals surface area contributed by atoms with E-state index in [1.165, 1.54) is 44.6 Å². The first-order valence-corrected chi connectivity index (χ1v) is 9.42. The summed E-state index contributed by atoms with van der Waals surface area (Å²) < 4.78 is 0. The minimum atomic E-state index is -0.422. The molecule has 4 fully saturated rings. The first kappa shape index (κ1) is 16.6. The summed E-state index contributed by atoms with van der Waals surface area (Å²) in [7, 11) is 0. The fourth-order valence-corrected chi connectivity index (χ4v) is 6.09. The lowest BCUT2D eigenvalue weighted by Crippen LogP contribution is -2.55. The van der Waals surface area contributed by atoms with Gasteiger partial charge in [0.15, 0.2) is 0 Å². The second-order valence-electron chi connectivity index (χ2n) is 8.73. The van der Waals surface area contributed by atoms with Crippen LogP contribution < -0.4 is 5.32 Å². The van der Waals surface area contributed by atoms with Crippen molar-refractivity contribution in [2.24, 2.45) is 23.2 Å². The molecule has 134 valence electrons. The molecule has 4 saturated carbocycles. The SMILES string of the molecule is Cc1ccc(C(=O)NC(C)C23CC4CC(CC(C4)C2)C3)cc1[N+](=O)[O-]. The van der Waals surface area contributed by atoms with Crippen molar-refractivity contribution in [3.63, 3.8) is 0 Å². The number of carbonyl (C=O) groups is 1. The molecule has 5 heteroatoms. The number of nitro groups is 1. The van der Waals surface area contributed by atoms with Gasteiger partial charge in [-0.05, 0) is 81.6 Å². The summed E-state index contributed by atoms with van der Waals surface area (Å²) in [6.07, 6.45) is 7.83. The number of hydrogen-bond acceptors (Lipinski definition) is 3. The molecule has 4 bridgehead atoms. The van der Waals surface area contributed by atoms with Crippen molar-refractivity contribution in [1.82, 2.24) is 5.32 Å². The number of carbonyl (C=O) groups excluding carboxylic acids is 1. The largest absolute Gasteiger partial charge is 0.349 e. The Morgan fingerprint density at radius 1 is 1.20 bits per heavy atom. The molecule has 1 unspecified atom stereocenters. The van der Waals surface area contributed by atoms with Crippen molar-refractivity contribution in [3.8, 4) is 0 Å². The highest BCUT2D eigenvalue weighted by Gasteiger charge is 2.53. The Bertz CT molecular complexity index is 692. The number of amides is 1. The van der Waals surface area contributed by atoms with Crippen LogP contribution in [0.3, 0.4) is 0 Å². The lowest BCUT2D eigenvalue weighted by atomic mass is 9.48. The van der Waals surface area contributed by atoms with Gasteiger partial charge in [0.2, 0.25) is 0 Å². The Kier molecular flexibility index (Phi) is 3.85. The summed E-state index contributed by atoms with van der Waals surface area (Å²) in [5.41, 5.74) is 1.21. The summed E-state index contributed by atoms with van der Waals surface area (Å²) in [4.78, 5) is 23.4. The molecule has 0 aliphatic heterocycles. The number of rotatable bonds is 4. The predicted octanol–water partition coefficient (Wildman–Crippen LogP) is 4.24. The van der Waals surface area contributed by atoms with Crippen molar-refractivity contribution in [3.05, 3.63) is 39.4 Å². The third-order valence-electron chi connectivity index (χ3n) is 7.02. The van der Waals surface area contributed by atoms with Crippen LogP contribution in [0.4, 0.5) is 5.69 Å². The van der Waals surface area contributed by atoms with E-state index in [0.717, 1.165) is 17.8 Å². The second-order valence-corrected chi connectivity index (χ2v) is 8.73. The Balaban J connectivity index is 1.51. The Hall–Kier alpha value is -1.91. The monoisotopic (exact) mass is 342 g/mol.